The Bertz CT molecular complexity index is 608. The van der Waals surface area contributed by atoms with Crippen molar-refractivity contribution in [2.45, 2.75) is 74.8 Å². The van der Waals surface area contributed by atoms with Crippen molar-refractivity contribution in [3.05, 3.63) is 23.8 Å². The summed E-state index contributed by atoms with van der Waals surface area (Å²) in [5.74, 6) is 6.66. The zero-order chi connectivity index (χ0) is 18.4. The van der Waals surface area contributed by atoms with Crippen LogP contribution in [0.2, 0.25) is 0 Å². The summed E-state index contributed by atoms with van der Waals surface area (Å²) >= 11 is 1.57. The van der Waals surface area contributed by atoms with Crippen molar-refractivity contribution in [2.24, 2.45) is 16.7 Å². The third kappa shape index (κ3) is 5.05. The number of benzene rings is 1. The van der Waals surface area contributed by atoms with Crippen LogP contribution in [0, 0.1) is 0 Å². The zero-order valence-electron chi connectivity index (χ0n) is 15.7. The van der Waals surface area contributed by atoms with Crippen LogP contribution in [0.5, 0.6) is 0 Å². The van der Waals surface area contributed by atoms with E-state index in [9.17, 15) is 0 Å². The number of hydrazone groups is 1. The number of anilines is 1. The summed E-state index contributed by atoms with van der Waals surface area (Å²) in [6, 6.07) is 7.14. The Morgan fingerprint density at radius 1 is 1.12 bits per heavy atom. The number of nitrogens with zero attached hydrogens (tertiary/aromatic N) is 2. The van der Waals surface area contributed by atoms with Gasteiger partial charge in [-0.2, -0.15) is 0 Å². The highest BCUT2D eigenvalue weighted by Crippen LogP contribution is 2.27. The quantitative estimate of drug-likeness (QED) is 0.192. The molecule has 0 radical (unpaired) electrons. The van der Waals surface area contributed by atoms with Crippen molar-refractivity contribution >= 4 is 23.5 Å². The minimum atomic E-state index is 0.304. The van der Waals surface area contributed by atoms with Crippen molar-refractivity contribution < 1.29 is 0 Å². The average Bonchev–Trinajstić information content (AvgIpc) is 3.19. The highest BCUT2D eigenvalue weighted by molar-refractivity contribution is 7.97. The number of rotatable bonds is 7. The van der Waals surface area contributed by atoms with Crippen molar-refractivity contribution in [1.29, 1.82) is 0 Å². The predicted molar refractivity (Wildman–Crippen MR) is 111 cm³/mol. The molecular weight excluding hydrogens is 344 g/mol. The lowest BCUT2D eigenvalue weighted by atomic mass is 9.95. The number of hydrazine groups is 1. The van der Waals surface area contributed by atoms with Gasteiger partial charge in [-0.3, -0.25) is 4.72 Å². The van der Waals surface area contributed by atoms with Crippen LogP contribution in [-0.2, 0) is 0 Å². The van der Waals surface area contributed by atoms with Crippen LogP contribution in [0.1, 0.15) is 63.4 Å². The van der Waals surface area contributed by atoms with Crippen LogP contribution in [0.15, 0.2) is 28.2 Å². The molecule has 0 heterocycles. The van der Waals surface area contributed by atoms with Crippen molar-refractivity contribution in [1.82, 2.24) is 9.84 Å². The number of hydrogen-bond donors (Lipinski definition) is 4. The molecule has 144 valence electrons. The first-order chi connectivity index (χ1) is 12.7. The Morgan fingerprint density at radius 2 is 1.81 bits per heavy atom. The Kier molecular flexibility index (Phi) is 7.05. The molecule has 0 unspecified atom stereocenters. The van der Waals surface area contributed by atoms with Gasteiger partial charge in [0.15, 0.2) is 5.84 Å². The second-order valence-corrected chi connectivity index (χ2v) is 8.38. The van der Waals surface area contributed by atoms with Crippen LogP contribution >= 0.6 is 11.9 Å². The standard InChI is InChI=1S/C19H32N6S/c1-22-26-16-11-12-18(23-14-7-3-2-4-8-14)17(13-16)19(20)24-25(21)15-9-5-6-10-15/h11-15,22-23H,2-10,21H2,1H3,(H2,20,24). The molecule has 2 saturated carbocycles. The van der Waals surface area contributed by atoms with Crippen LogP contribution in [0.25, 0.3) is 0 Å². The average molecular weight is 377 g/mol. The number of nitrogens with two attached hydrogens (primary N) is 2. The SMILES string of the molecule is CNSc1ccc(NC2CCCCC2)c(/C(N)=N/N(N)C2CCCC2)c1. The van der Waals surface area contributed by atoms with E-state index in [1.807, 2.05) is 7.05 Å². The molecule has 0 aliphatic heterocycles. The maximum Gasteiger partial charge on any atom is 0.154 e. The minimum Gasteiger partial charge on any atom is -0.382 e. The van der Waals surface area contributed by atoms with Gasteiger partial charge in [0.25, 0.3) is 0 Å². The molecule has 0 amide bonds. The highest BCUT2D eigenvalue weighted by atomic mass is 32.2. The number of amidine groups is 1. The van der Waals surface area contributed by atoms with Gasteiger partial charge in [0.05, 0.1) is 6.04 Å². The second-order valence-electron chi connectivity index (χ2n) is 7.30. The normalized spacial score (nSPS) is 19.7. The Balaban J connectivity index is 1.81. The van der Waals surface area contributed by atoms with Gasteiger partial charge in [-0.25, -0.2) is 11.0 Å². The van der Waals surface area contributed by atoms with E-state index in [1.165, 1.54) is 44.9 Å². The van der Waals surface area contributed by atoms with Crippen molar-refractivity contribution in [3.8, 4) is 0 Å². The third-order valence-corrected chi connectivity index (χ3v) is 6.07. The van der Waals surface area contributed by atoms with E-state index >= 15 is 0 Å². The molecule has 0 spiro atoms. The third-order valence-electron chi connectivity index (χ3n) is 5.37. The molecule has 2 aliphatic carbocycles. The van der Waals surface area contributed by atoms with E-state index in [2.05, 4.69) is 33.3 Å². The molecular formula is C19H32N6S. The summed E-state index contributed by atoms with van der Waals surface area (Å²) < 4.78 is 3.12. The molecule has 26 heavy (non-hydrogen) atoms. The van der Waals surface area contributed by atoms with Gasteiger partial charge >= 0.3 is 0 Å². The van der Waals surface area contributed by atoms with Gasteiger partial charge in [0, 0.05) is 22.2 Å². The van der Waals surface area contributed by atoms with Gasteiger partial charge in [-0.05, 0) is 62.9 Å². The topological polar surface area (TPSA) is 91.7 Å². The fourth-order valence-corrected chi connectivity index (χ4v) is 4.49. The minimum absolute atomic E-state index is 0.304. The molecule has 0 atom stereocenters. The lowest BCUT2D eigenvalue weighted by Gasteiger charge is -2.26. The highest BCUT2D eigenvalue weighted by Gasteiger charge is 2.21. The van der Waals surface area contributed by atoms with Crippen molar-refractivity contribution in [3.63, 3.8) is 0 Å². The molecule has 2 fully saturated rings. The molecule has 2 aliphatic rings. The van der Waals surface area contributed by atoms with E-state index in [0.29, 0.717) is 17.9 Å². The van der Waals surface area contributed by atoms with E-state index < -0.39 is 0 Å². The van der Waals surface area contributed by atoms with Crippen molar-refractivity contribution in [2.75, 3.05) is 12.4 Å². The molecule has 3 rings (SSSR count). The fourth-order valence-electron chi connectivity index (χ4n) is 3.94. The summed E-state index contributed by atoms with van der Waals surface area (Å²) in [5.41, 5.74) is 8.38. The fraction of sp³-hybridized carbons (Fsp3) is 0.632. The Labute approximate surface area is 161 Å². The Hall–Kier alpha value is -1.44. The summed E-state index contributed by atoms with van der Waals surface area (Å²) in [7, 11) is 1.91. The molecule has 0 aromatic heterocycles. The van der Waals surface area contributed by atoms with Gasteiger partial charge in [-0.15, -0.1) is 5.10 Å². The molecule has 1 aromatic carbocycles. The van der Waals surface area contributed by atoms with Gasteiger partial charge in [0.2, 0.25) is 0 Å². The van der Waals surface area contributed by atoms with Crippen LogP contribution in [0.3, 0.4) is 0 Å². The first kappa shape index (κ1) is 19.3. The van der Waals surface area contributed by atoms with E-state index in [1.54, 1.807) is 17.1 Å². The molecule has 6 nitrogen and oxygen atoms in total. The van der Waals surface area contributed by atoms with Gasteiger partial charge in [-0.1, -0.05) is 32.1 Å². The van der Waals surface area contributed by atoms with E-state index in [4.69, 9.17) is 11.6 Å². The second kappa shape index (κ2) is 9.48. The largest absolute Gasteiger partial charge is 0.382 e. The summed E-state index contributed by atoms with van der Waals surface area (Å²) in [5, 5.41) is 9.79. The summed E-state index contributed by atoms with van der Waals surface area (Å²) in [6.07, 6.45) is 11.0. The zero-order valence-corrected chi connectivity index (χ0v) is 16.5. The molecule has 1 aromatic rings. The van der Waals surface area contributed by atoms with E-state index in [0.717, 1.165) is 29.0 Å². The first-order valence-corrected chi connectivity index (χ1v) is 10.6. The number of nitrogens with one attached hydrogen (secondary N) is 2. The molecule has 0 bridgehead atoms. The Morgan fingerprint density at radius 3 is 2.50 bits per heavy atom. The maximum absolute atomic E-state index is 6.39. The van der Waals surface area contributed by atoms with Gasteiger partial charge < -0.3 is 11.1 Å². The lowest BCUT2D eigenvalue weighted by Crippen LogP contribution is -2.37. The summed E-state index contributed by atoms with van der Waals surface area (Å²) in [6.45, 7) is 0. The number of hydrogen-bond acceptors (Lipinski definition) is 6. The van der Waals surface area contributed by atoms with Crippen LogP contribution < -0.4 is 21.6 Å². The predicted octanol–water partition coefficient (Wildman–Crippen LogP) is 3.40. The smallest absolute Gasteiger partial charge is 0.154 e. The van der Waals surface area contributed by atoms with Crippen LogP contribution in [0.4, 0.5) is 5.69 Å². The maximum atomic E-state index is 6.39. The van der Waals surface area contributed by atoms with Crippen LogP contribution in [-0.4, -0.2) is 30.1 Å². The first-order valence-electron chi connectivity index (χ1n) is 9.80. The van der Waals surface area contributed by atoms with Gasteiger partial charge in [0.1, 0.15) is 0 Å². The summed E-state index contributed by atoms with van der Waals surface area (Å²) in [4.78, 5) is 1.11. The molecule has 6 N–H and O–H groups in total. The lowest BCUT2D eigenvalue weighted by molar-refractivity contribution is 0.213. The molecule has 0 saturated heterocycles. The monoisotopic (exact) mass is 376 g/mol. The molecule has 7 heteroatoms. The van der Waals surface area contributed by atoms with E-state index in [-0.39, 0.29) is 0 Å².